The summed E-state index contributed by atoms with van der Waals surface area (Å²) in [5, 5.41) is 10.8. The molecule has 1 aliphatic rings. The summed E-state index contributed by atoms with van der Waals surface area (Å²) in [5.74, 6) is 0. The van der Waals surface area contributed by atoms with Crippen molar-refractivity contribution in [2.75, 3.05) is 6.54 Å². The monoisotopic (exact) mass is 233 g/mol. The molecule has 0 radical (unpaired) electrons. The second-order valence-corrected chi connectivity index (χ2v) is 5.16. The molecule has 94 valence electrons. The Morgan fingerprint density at radius 3 is 2.71 bits per heavy atom. The average Bonchev–Trinajstić information content (AvgIpc) is 2.80. The molecule has 1 aromatic rings. The van der Waals surface area contributed by atoms with E-state index in [0.29, 0.717) is 6.04 Å². The van der Waals surface area contributed by atoms with E-state index in [1.165, 1.54) is 25.7 Å². The summed E-state index contributed by atoms with van der Waals surface area (Å²) in [6, 6.07) is 10.6. The van der Waals surface area contributed by atoms with Gasteiger partial charge in [0.15, 0.2) is 0 Å². The van der Waals surface area contributed by atoms with Gasteiger partial charge in [0.2, 0.25) is 0 Å². The lowest BCUT2D eigenvalue weighted by molar-refractivity contribution is -0.109. The van der Waals surface area contributed by atoms with Crippen LogP contribution in [0.15, 0.2) is 30.3 Å². The van der Waals surface area contributed by atoms with E-state index in [1.807, 2.05) is 37.3 Å². The molecule has 17 heavy (non-hydrogen) atoms. The molecular weight excluding hydrogens is 210 g/mol. The molecular formula is C15H23NO. The number of aliphatic hydroxyl groups is 1. The molecule has 0 amide bonds. The van der Waals surface area contributed by atoms with Crippen LogP contribution < -0.4 is 0 Å². The minimum absolute atomic E-state index is 0.537. The van der Waals surface area contributed by atoms with E-state index < -0.39 is 5.72 Å². The van der Waals surface area contributed by atoms with Gasteiger partial charge in [0.25, 0.3) is 0 Å². The van der Waals surface area contributed by atoms with Crippen LogP contribution >= 0.6 is 0 Å². The van der Waals surface area contributed by atoms with E-state index in [2.05, 4.69) is 11.8 Å². The fourth-order valence-corrected chi connectivity index (χ4v) is 2.96. The minimum Gasteiger partial charge on any atom is -0.372 e. The Balaban J connectivity index is 2.20. The van der Waals surface area contributed by atoms with Crippen molar-refractivity contribution in [3.63, 3.8) is 0 Å². The van der Waals surface area contributed by atoms with Gasteiger partial charge in [-0.3, -0.25) is 4.90 Å². The molecule has 2 nitrogen and oxygen atoms in total. The predicted molar refractivity (Wildman–Crippen MR) is 70.6 cm³/mol. The maximum Gasteiger partial charge on any atom is 0.141 e. The van der Waals surface area contributed by atoms with E-state index >= 15 is 0 Å². The average molecular weight is 233 g/mol. The number of rotatable bonds is 4. The molecule has 1 fully saturated rings. The molecule has 1 saturated heterocycles. The second-order valence-electron chi connectivity index (χ2n) is 5.16. The van der Waals surface area contributed by atoms with Gasteiger partial charge in [0, 0.05) is 12.6 Å². The smallest absolute Gasteiger partial charge is 0.141 e. The lowest BCUT2D eigenvalue weighted by Crippen LogP contribution is -2.46. The predicted octanol–water partition coefficient (Wildman–Crippen LogP) is 3.12. The first-order valence-electron chi connectivity index (χ1n) is 6.71. The number of benzene rings is 1. The molecule has 0 aromatic heterocycles. The number of hydrogen-bond acceptors (Lipinski definition) is 2. The second kappa shape index (κ2) is 5.19. The number of hydrogen-bond donors (Lipinski definition) is 1. The van der Waals surface area contributed by atoms with Crippen LogP contribution in [-0.2, 0) is 5.72 Å². The third-order valence-electron chi connectivity index (χ3n) is 3.88. The van der Waals surface area contributed by atoms with Gasteiger partial charge in [-0.2, -0.15) is 0 Å². The zero-order valence-corrected chi connectivity index (χ0v) is 10.9. The first-order valence-corrected chi connectivity index (χ1v) is 6.71. The summed E-state index contributed by atoms with van der Waals surface area (Å²) in [6.45, 7) is 5.15. The fourth-order valence-electron chi connectivity index (χ4n) is 2.96. The Bertz CT molecular complexity index is 347. The fraction of sp³-hybridized carbons (Fsp3) is 0.600. The lowest BCUT2D eigenvalue weighted by Gasteiger charge is -2.38. The Hall–Kier alpha value is -0.860. The van der Waals surface area contributed by atoms with Crippen LogP contribution in [0, 0.1) is 0 Å². The summed E-state index contributed by atoms with van der Waals surface area (Å²) < 4.78 is 0. The maximum atomic E-state index is 10.8. The Kier molecular flexibility index (Phi) is 3.85. The van der Waals surface area contributed by atoms with Gasteiger partial charge >= 0.3 is 0 Å². The number of nitrogens with zero attached hydrogens (tertiary/aromatic N) is 1. The van der Waals surface area contributed by atoms with Gasteiger partial charge in [-0.25, -0.2) is 0 Å². The lowest BCUT2D eigenvalue weighted by atomic mass is 10.0. The van der Waals surface area contributed by atoms with Crippen molar-refractivity contribution >= 4 is 0 Å². The van der Waals surface area contributed by atoms with Crippen molar-refractivity contribution in [2.45, 2.75) is 51.3 Å². The summed E-state index contributed by atoms with van der Waals surface area (Å²) in [4.78, 5) is 2.27. The number of likely N-dealkylation sites (tertiary alicyclic amines) is 1. The van der Waals surface area contributed by atoms with Gasteiger partial charge in [-0.15, -0.1) is 0 Å². The minimum atomic E-state index is -0.822. The normalized spacial score (nSPS) is 24.8. The van der Waals surface area contributed by atoms with Crippen LogP contribution in [0.3, 0.4) is 0 Å². The molecule has 1 aromatic carbocycles. The summed E-state index contributed by atoms with van der Waals surface area (Å²) >= 11 is 0. The molecule has 2 heteroatoms. The maximum absolute atomic E-state index is 10.8. The van der Waals surface area contributed by atoms with Crippen molar-refractivity contribution in [2.24, 2.45) is 0 Å². The standard InChI is InChI=1S/C15H23NO/c1-3-8-14-11-7-12-16(14)15(2,17)13-9-5-4-6-10-13/h4-6,9-10,14,17H,3,7-8,11-12H2,1-2H3. The Labute approximate surface area is 104 Å². The van der Waals surface area contributed by atoms with Crippen LogP contribution in [0.4, 0.5) is 0 Å². The SMILES string of the molecule is CCCC1CCCN1C(C)(O)c1ccccc1. The van der Waals surface area contributed by atoms with Gasteiger partial charge < -0.3 is 5.11 Å². The highest BCUT2D eigenvalue weighted by Gasteiger charge is 2.38. The molecule has 1 aliphatic heterocycles. The zero-order chi connectivity index (χ0) is 12.3. The van der Waals surface area contributed by atoms with Crippen molar-refractivity contribution < 1.29 is 5.11 Å². The quantitative estimate of drug-likeness (QED) is 0.863. The Morgan fingerprint density at radius 1 is 1.35 bits per heavy atom. The van der Waals surface area contributed by atoms with Crippen LogP contribution in [0.25, 0.3) is 0 Å². The van der Waals surface area contributed by atoms with Crippen molar-refractivity contribution in [3.8, 4) is 0 Å². The first kappa shape index (κ1) is 12.6. The topological polar surface area (TPSA) is 23.5 Å². The molecule has 0 bridgehead atoms. The van der Waals surface area contributed by atoms with E-state index in [4.69, 9.17) is 0 Å². The highest BCUT2D eigenvalue weighted by atomic mass is 16.3. The van der Waals surface area contributed by atoms with Crippen molar-refractivity contribution in [3.05, 3.63) is 35.9 Å². The highest BCUT2D eigenvalue weighted by molar-refractivity contribution is 5.21. The molecule has 0 spiro atoms. The summed E-state index contributed by atoms with van der Waals surface area (Å²) in [6.07, 6.45) is 4.79. The largest absolute Gasteiger partial charge is 0.372 e. The van der Waals surface area contributed by atoms with Gasteiger partial charge in [0.1, 0.15) is 5.72 Å². The Morgan fingerprint density at radius 2 is 2.06 bits per heavy atom. The molecule has 0 saturated carbocycles. The van der Waals surface area contributed by atoms with E-state index in [-0.39, 0.29) is 0 Å². The molecule has 1 N–H and O–H groups in total. The van der Waals surface area contributed by atoms with E-state index in [9.17, 15) is 5.11 Å². The van der Waals surface area contributed by atoms with Gasteiger partial charge in [-0.1, -0.05) is 43.7 Å². The molecule has 0 aliphatic carbocycles. The van der Waals surface area contributed by atoms with Crippen molar-refractivity contribution in [1.29, 1.82) is 0 Å². The molecule has 2 rings (SSSR count). The van der Waals surface area contributed by atoms with Crippen LogP contribution in [-0.4, -0.2) is 22.6 Å². The van der Waals surface area contributed by atoms with Crippen LogP contribution in [0.2, 0.25) is 0 Å². The third-order valence-corrected chi connectivity index (χ3v) is 3.88. The van der Waals surface area contributed by atoms with Crippen LogP contribution in [0.1, 0.15) is 45.1 Å². The summed E-state index contributed by atoms with van der Waals surface area (Å²) in [7, 11) is 0. The zero-order valence-electron chi connectivity index (χ0n) is 10.9. The van der Waals surface area contributed by atoms with Crippen molar-refractivity contribution in [1.82, 2.24) is 4.90 Å². The van der Waals surface area contributed by atoms with Crippen LogP contribution in [0.5, 0.6) is 0 Å². The highest BCUT2D eigenvalue weighted by Crippen LogP contribution is 2.34. The van der Waals surface area contributed by atoms with E-state index in [0.717, 1.165) is 12.1 Å². The summed E-state index contributed by atoms with van der Waals surface area (Å²) in [5.41, 5.74) is 0.181. The molecule has 1 heterocycles. The third kappa shape index (κ3) is 2.53. The van der Waals surface area contributed by atoms with Gasteiger partial charge in [0.05, 0.1) is 0 Å². The molecule has 2 unspecified atom stereocenters. The molecule has 2 atom stereocenters. The van der Waals surface area contributed by atoms with Gasteiger partial charge in [-0.05, 0) is 31.7 Å². The first-order chi connectivity index (χ1) is 8.16. The van der Waals surface area contributed by atoms with E-state index in [1.54, 1.807) is 0 Å².